The number of carbonyl (C=O) groups excluding carboxylic acids is 3. The highest BCUT2D eigenvalue weighted by atomic mass is 16.5. The molecule has 0 spiro atoms. The third-order valence-electron chi connectivity index (χ3n) is 3.75. The van der Waals surface area contributed by atoms with Crippen molar-refractivity contribution in [3.63, 3.8) is 0 Å². The van der Waals surface area contributed by atoms with Crippen LogP contribution in [0.4, 0.5) is 5.69 Å². The molecule has 0 unspecified atom stereocenters. The molecule has 29 heavy (non-hydrogen) atoms. The van der Waals surface area contributed by atoms with Crippen molar-refractivity contribution in [2.24, 2.45) is 0 Å². The van der Waals surface area contributed by atoms with Gasteiger partial charge in [0.2, 0.25) is 5.91 Å². The van der Waals surface area contributed by atoms with E-state index in [1.165, 1.54) is 13.0 Å². The lowest BCUT2D eigenvalue weighted by atomic mass is 10.1. The van der Waals surface area contributed by atoms with Crippen LogP contribution in [0.25, 0.3) is 0 Å². The van der Waals surface area contributed by atoms with Crippen LogP contribution >= 0.6 is 0 Å². The first-order chi connectivity index (χ1) is 14.0. The van der Waals surface area contributed by atoms with E-state index >= 15 is 0 Å². The topological polar surface area (TPSA) is 103 Å². The first-order valence-electron chi connectivity index (χ1n) is 9.00. The highest BCUT2D eigenvalue weighted by Gasteiger charge is 2.11. The van der Waals surface area contributed by atoms with Crippen LogP contribution in [0.3, 0.4) is 0 Å². The molecule has 0 radical (unpaired) electrons. The van der Waals surface area contributed by atoms with Gasteiger partial charge in [0.05, 0.1) is 13.2 Å². The van der Waals surface area contributed by atoms with Gasteiger partial charge in [0.15, 0.2) is 0 Å². The number of methoxy groups -OCH3 is 1. The van der Waals surface area contributed by atoms with E-state index in [9.17, 15) is 14.4 Å². The summed E-state index contributed by atoms with van der Waals surface area (Å²) in [5.41, 5.74) is 1.68. The number of nitrogens with one attached hydrogen (secondary N) is 2. The molecular weight excluding hydrogens is 376 g/mol. The van der Waals surface area contributed by atoms with E-state index in [0.717, 1.165) is 5.56 Å². The third-order valence-corrected chi connectivity index (χ3v) is 3.75. The monoisotopic (exact) mass is 400 g/mol. The van der Waals surface area contributed by atoms with Gasteiger partial charge in [-0.2, -0.15) is 0 Å². The standard InChI is InChI=1S/C21H24N2O6/c1-15(24)29-18-8-5-7-16(12-18)21(26)22-13-17-6-3-4-9-19(17)23-20(25)14-28-11-10-27-2/h3-9,12H,10-11,13-14H2,1-2H3,(H,22,26)(H,23,25). The Bertz CT molecular complexity index is 853. The van der Waals surface area contributed by atoms with Gasteiger partial charge >= 0.3 is 5.97 Å². The lowest BCUT2D eigenvalue weighted by Crippen LogP contribution is -2.25. The normalized spacial score (nSPS) is 10.3. The number of carbonyl (C=O) groups is 3. The largest absolute Gasteiger partial charge is 0.427 e. The Morgan fingerprint density at radius 1 is 1.00 bits per heavy atom. The number of anilines is 1. The Morgan fingerprint density at radius 2 is 1.79 bits per heavy atom. The molecule has 0 aliphatic heterocycles. The van der Waals surface area contributed by atoms with Crippen molar-refractivity contribution in [1.82, 2.24) is 5.32 Å². The number of hydrogen-bond acceptors (Lipinski definition) is 6. The highest BCUT2D eigenvalue weighted by Crippen LogP contribution is 2.16. The fraction of sp³-hybridized carbons (Fsp3) is 0.286. The van der Waals surface area contributed by atoms with Crippen molar-refractivity contribution < 1.29 is 28.6 Å². The Labute approximate surface area is 169 Å². The van der Waals surface area contributed by atoms with Gasteiger partial charge in [0.1, 0.15) is 12.4 Å². The van der Waals surface area contributed by atoms with Gasteiger partial charge in [0, 0.05) is 31.8 Å². The second kappa shape index (κ2) is 11.6. The molecule has 2 aromatic carbocycles. The van der Waals surface area contributed by atoms with Crippen molar-refractivity contribution in [2.75, 3.05) is 32.2 Å². The van der Waals surface area contributed by atoms with Crippen LogP contribution < -0.4 is 15.4 Å². The average Bonchev–Trinajstić information content (AvgIpc) is 2.70. The van der Waals surface area contributed by atoms with Crippen LogP contribution in [-0.4, -0.2) is 44.7 Å². The maximum Gasteiger partial charge on any atom is 0.308 e. The molecule has 154 valence electrons. The molecule has 0 fully saturated rings. The van der Waals surface area contributed by atoms with E-state index in [1.807, 2.05) is 6.07 Å². The van der Waals surface area contributed by atoms with Gasteiger partial charge in [-0.25, -0.2) is 0 Å². The predicted molar refractivity (Wildman–Crippen MR) is 107 cm³/mol. The minimum Gasteiger partial charge on any atom is -0.427 e. The minimum absolute atomic E-state index is 0.0903. The first-order valence-corrected chi connectivity index (χ1v) is 9.00. The maximum atomic E-state index is 12.4. The van der Waals surface area contributed by atoms with Gasteiger partial charge in [0.25, 0.3) is 5.91 Å². The molecule has 0 heterocycles. The summed E-state index contributed by atoms with van der Waals surface area (Å²) in [5.74, 6) is -0.790. The Kier molecular flexibility index (Phi) is 8.81. The van der Waals surface area contributed by atoms with E-state index in [2.05, 4.69) is 10.6 Å². The molecule has 0 bridgehead atoms. The van der Waals surface area contributed by atoms with Gasteiger partial charge in [-0.1, -0.05) is 24.3 Å². The molecule has 2 N–H and O–H groups in total. The minimum atomic E-state index is -0.460. The molecule has 2 amide bonds. The molecule has 0 saturated heterocycles. The van der Waals surface area contributed by atoms with Gasteiger partial charge in [-0.15, -0.1) is 0 Å². The van der Waals surface area contributed by atoms with E-state index in [-0.39, 0.29) is 25.0 Å². The average molecular weight is 400 g/mol. The summed E-state index contributed by atoms with van der Waals surface area (Å²) >= 11 is 0. The molecule has 0 saturated carbocycles. The zero-order chi connectivity index (χ0) is 21.1. The van der Waals surface area contributed by atoms with E-state index in [4.69, 9.17) is 14.2 Å². The first kappa shape index (κ1) is 22.1. The van der Waals surface area contributed by atoms with E-state index in [0.29, 0.717) is 30.2 Å². The lowest BCUT2D eigenvalue weighted by molar-refractivity contribution is -0.131. The highest BCUT2D eigenvalue weighted by molar-refractivity contribution is 5.95. The summed E-state index contributed by atoms with van der Waals surface area (Å²) in [7, 11) is 1.56. The SMILES string of the molecule is COCCOCC(=O)Nc1ccccc1CNC(=O)c1cccc(OC(C)=O)c1. The quantitative estimate of drug-likeness (QED) is 0.360. The van der Waals surface area contributed by atoms with Gasteiger partial charge in [-0.05, 0) is 29.8 Å². The molecule has 0 atom stereocenters. The zero-order valence-electron chi connectivity index (χ0n) is 16.4. The van der Waals surface area contributed by atoms with Gasteiger partial charge < -0.3 is 24.8 Å². The number of ether oxygens (including phenoxy) is 3. The van der Waals surface area contributed by atoms with Crippen LogP contribution in [0, 0.1) is 0 Å². The van der Waals surface area contributed by atoms with E-state index < -0.39 is 5.97 Å². The number of esters is 1. The summed E-state index contributed by atoms with van der Waals surface area (Å²) in [6, 6.07) is 13.5. The smallest absolute Gasteiger partial charge is 0.308 e. The van der Waals surface area contributed by atoms with Crippen LogP contribution in [0.15, 0.2) is 48.5 Å². The van der Waals surface area contributed by atoms with Crippen LogP contribution in [0.1, 0.15) is 22.8 Å². The summed E-state index contributed by atoms with van der Waals surface area (Å²) in [6.07, 6.45) is 0. The second-order valence-corrected chi connectivity index (χ2v) is 6.05. The summed E-state index contributed by atoms with van der Waals surface area (Å²) in [6.45, 7) is 2.15. The zero-order valence-corrected chi connectivity index (χ0v) is 16.4. The van der Waals surface area contributed by atoms with Crippen molar-refractivity contribution >= 4 is 23.5 Å². The molecule has 2 aromatic rings. The number of hydrogen-bond donors (Lipinski definition) is 2. The molecule has 0 aliphatic carbocycles. The lowest BCUT2D eigenvalue weighted by Gasteiger charge is -2.12. The molecular formula is C21H24N2O6. The van der Waals surface area contributed by atoms with E-state index in [1.54, 1.807) is 43.5 Å². The Hall–Kier alpha value is -3.23. The number of benzene rings is 2. The fourth-order valence-electron chi connectivity index (χ4n) is 2.43. The van der Waals surface area contributed by atoms with Crippen LogP contribution in [-0.2, 0) is 25.6 Å². The van der Waals surface area contributed by atoms with Crippen molar-refractivity contribution in [2.45, 2.75) is 13.5 Å². The second-order valence-electron chi connectivity index (χ2n) is 6.05. The summed E-state index contributed by atoms with van der Waals surface area (Å²) in [5, 5.41) is 5.56. The number of rotatable bonds is 10. The van der Waals surface area contributed by atoms with Crippen molar-refractivity contribution in [3.8, 4) is 5.75 Å². The molecule has 0 aromatic heterocycles. The van der Waals surface area contributed by atoms with Crippen molar-refractivity contribution in [3.05, 3.63) is 59.7 Å². The molecule has 0 aliphatic rings. The Morgan fingerprint density at radius 3 is 2.55 bits per heavy atom. The van der Waals surface area contributed by atoms with Crippen LogP contribution in [0.5, 0.6) is 5.75 Å². The molecule has 2 rings (SSSR count). The van der Waals surface area contributed by atoms with Crippen LogP contribution in [0.2, 0.25) is 0 Å². The van der Waals surface area contributed by atoms with Crippen molar-refractivity contribution in [1.29, 1.82) is 0 Å². The third kappa shape index (κ3) is 7.73. The Balaban J connectivity index is 1.94. The number of amides is 2. The summed E-state index contributed by atoms with van der Waals surface area (Å²) in [4.78, 5) is 35.5. The molecule has 8 heteroatoms. The maximum absolute atomic E-state index is 12.4. The fourth-order valence-corrected chi connectivity index (χ4v) is 2.43. The summed E-state index contributed by atoms with van der Waals surface area (Å²) < 4.78 is 15.0. The van der Waals surface area contributed by atoms with Gasteiger partial charge in [-0.3, -0.25) is 14.4 Å². The predicted octanol–water partition coefficient (Wildman–Crippen LogP) is 2.14. The molecule has 8 nitrogen and oxygen atoms in total. The number of para-hydroxylation sites is 1.